The minimum atomic E-state index is 0.00255. The van der Waals surface area contributed by atoms with E-state index in [0.717, 1.165) is 42.1 Å². The summed E-state index contributed by atoms with van der Waals surface area (Å²) in [6, 6.07) is 17.2. The Morgan fingerprint density at radius 2 is 1.94 bits per heavy atom. The van der Waals surface area contributed by atoms with Gasteiger partial charge in [0.15, 0.2) is 0 Å². The van der Waals surface area contributed by atoms with E-state index >= 15 is 0 Å². The number of amides is 1. The van der Waals surface area contributed by atoms with Crippen LogP contribution >= 0.6 is 0 Å². The Kier molecular flexibility index (Phi) is 7.07. The van der Waals surface area contributed by atoms with Crippen molar-refractivity contribution in [2.75, 3.05) is 20.3 Å². The van der Waals surface area contributed by atoms with Crippen molar-refractivity contribution in [3.8, 4) is 23.1 Å². The quantitative estimate of drug-likeness (QED) is 0.545. The van der Waals surface area contributed by atoms with Gasteiger partial charge in [0.25, 0.3) is 0 Å². The highest BCUT2D eigenvalue weighted by molar-refractivity contribution is 5.76. The molecular weight excluding hydrogens is 406 g/mol. The van der Waals surface area contributed by atoms with Crippen LogP contribution in [0.1, 0.15) is 30.5 Å². The Balaban J connectivity index is 1.54. The molecule has 168 valence electrons. The normalized spacial score (nSPS) is 15.5. The minimum Gasteiger partial charge on any atom is -0.497 e. The zero-order valence-corrected chi connectivity index (χ0v) is 18.5. The summed E-state index contributed by atoms with van der Waals surface area (Å²) in [6.45, 7) is 3.29. The molecule has 0 saturated carbocycles. The average Bonchev–Trinajstić information content (AvgIpc) is 3.45. The monoisotopic (exact) mass is 435 g/mol. The summed E-state index contributed by atoms with van der Waals surface area (Å²) < 4.78 is 18.9. The summed E-state index contributed by atoms with van der Waals surface area (Å²) in [5, 5.41) is 7.71. The molecule has 2 heterocycles. The summed E-state index contributed by atoms with van der Waals surface area (Å²) in [4.78, 5) is 12.5. The number of nitrogens with zero attached hydrogens (tertiary/aromatic N) is 2. The lowest BCUT2D eigenvalue weighted by atomic mass is 10.1. The molecule has 1 atom stereocenters. The van der Waals surface area contributed by atoms with Crippen LogP contribution in [0.4, 0.5) is 0 Å². The predicted molar refractivity (Wildman–Crippen MR) is 122 cm³/mol. The number of aryl methyl sites for hydroxylation is 1. The highest BCUT2D eigenvalue weighted by Gasteiger charge is 2.21. The number of ether oxygens (including phenoxy) is 3. The predicted octanol–water partition coefficient (Wildman–Crippen LogP) is 4.21. The fraction of sp³-hybridized carbons (Fsp3) is 0.360. The minimum absolute atomic E-state index is 0.00255. The maximum atomic E-state index is 12.5. The Morgan fingerprint density at radius 3 is 2.62 bits per heavy atom. The van der Waals surface area contributed by atoms with E-state index < -0.39 is 0 Å². The lowest BCUT2D eigenvalue weighted by molar-refractivity contribution is -0.121. The number of carbonyl (C=O) groups excluding carboxylic acids is 1. The largest absolute Gasteiger partial charge is 0.497 e. The van der Waals surface area contributed by atoms with Gasteiger partial charge in [-0.25, -0.2) is 4.68 Å². The molecular formula is C25H29N3O4. The Hall–Kier alpha value is -3.32. The molecule has 32 heavy (non-hydrogen) atoms. The third-order valence-electron chi connectivity index (χ3n) is 5.56. The van der Waals surface area contributed by atoms with E-state index in [0.29, 0.717) is 31.0 Å². The third-order valence-corrected chi connectivity index (χ3v) is 5.56. The van der Waals surface area contributed by atoms with Gasteiger partial charge < -0.3 is 19.5 Å². The topological polar surface area (TPSA) is 74.6 Å². The molecule has 0 unspecified atom stereocenters. The van der Waals surface area contributed by atoms with Crippen LogP contribution in [0.25, 0.3) is 5.69 Å². The van der Waals surface area contributed by atoms with Crippen molar-refractivity contribution in [2.45, 2.75) is 38.7 Å². The Morgan fingerprint density at radius 1 is 1.16 bits per heavy atom. The van der Waals surface area contributed by atoms with Crippen LogP contribution in [0.3, 0.4) is 0 Å². The molecule has 1 aliphatic rings. The number of hydrogen-bond acceptors (Lipinski definition) is 5. The van der Waals surface area contributed by atoms with Gasteiger partial charge in [-0.2, -0.15) is 5.10 Å². The molecule has 0 radical (unpaired) electrons. The molecule has 0 aliphatic carbocycles. The van der Waals surface area contributed by atoms with Crippen molar-refractivity contribution in [1.29, 1.82) is 0 Å². The van der Waals surface area contributed by atoms with Crippen LogP contribution < -0.4 is 14.8 Å². The van der Waals surface area contributed by atoms with E-state index in [4.69, 9.17) is 19.3 Å². The highest BCUT2D eigenvalue weighted by atomic mass is 16.5. The molecule has 1 aliphatic heterocycles. The summed E-state index contributed by atoms with van der Waals surface area (Å²) in [5.41, 5.74) is 2.60. The second-order valence-corrected chi connectivity index (χ2v) is 7.83. The fourth-order valence-electron chi connectivity index (χ4n) is 3.79. The van der Waals surface area contributed by atoms with Gasteiger partial charge in [-0.15, -0.1) is 0 Å². The standard InChI is InChI=1S/C25H29N3O4/c1-18-23(14-15-24(29)26-17-22-9-6-16-31-22)25(32-21-7-4-3-5-8-21)28(27-18)19-10-12-20(30-2)13-11-19/h3-5,7-8,10-13,22H,6,9,14-17H2,1-2H3,(H,26,29)/t22-/m0/s1. The first-order chi connectivity index (χ1) is 15.6. The highest BCUT2D eigenvalue weighted by Crippen LogP contribution is 2.32. The number of benzene rings is 2. The number of aromatic nitrogens is 2. The number of methoxy groups -OCH3 is 1. The SMILES string of the molecule is COc1ccc(-n2nc(C)c(CCC(=O)NC[C@@H]3CCCO3)c2Oc2ccccc2)cc1. The van der Waals surface area contributed by atoms with E-state index in [2.05, 4.69) is 5.32 Å². The lowest BCUT2D eigenvalue weighted by Gasteiger charge is -2.13. The molecule has 4 rings (SSSR count). The maximum absolute atomic E-state index is 12.5. The Labute approximate surface area is 188 Å². The first-order valence-corrected chi connectivity index (χ1v) is 11.0. The number of carbonyl (C=O) groups is 1. The second kappa shape index (κ2) is 10.3. The van der Waals surface area contributed by atoms with Gasteiger partial charge in [0.1, 0.15) is 11.5 Å². The molecule has 0 spiro atoms. The lowest BCUT2D eigenvalue weighted by Crippen LogP contribution is -2.31. The number of para-hydroxylation sites is 1. The van der Waals surface area contributed by atoms with Gasteiger partial charge >= 0.3 is 0 Å². The van der Waals surface area contributed by atoms with Crippen molar-refractivity contribution in [1.82, 2.24) is 15.1 Å². The fourth-order valence-corrected chi connectivity index (χ4v) is 3.79. The van der Waals surface area contributed by atoms with Crippen LogP contribution in [0.2, 0.25) is 0 Å². The zero-order chi connectivity index (χ0) is 22.3. The number of hydrogen-bond donors (Lipinski definition) is 1. The van der Waals surface area contributed by atoms with E-state index in [1.165, 1.54) is 0 Å². The molecule has 1 amide bonds. The van der Waals surface area contributed by atoms with Gasteiger partial charge in [0.05, 0.1) is 24.6 Å². The van der Waals surface area contributed by atoms with Gasteiger partial charge in [0.2, 0.25) is 11.8 Å². The van der Waals surface area contributed by atoms with Gasteiger partial charge in [0, 0.05) is 25.1 Å². The van der Waals surface area contributed by atoms with Gasteiger partial charge in [-0.3, -0.25) is 4.79 Å². The van der Waals surface area contributed by atoms with Crippen molar-refractivity contribution < 1.29 is 19.0 Å². The molecule has 7 nitrogen and oxygen atoms in total. The van der Waals surface area contributed by atoms with Crippen molar-refractivity contribution in [3.05, 3.63) is 65.9 Å². The second-order valence-electron chi connectivity index (χ2n) is 7.83. The van der Waals surface area contributed by atoms with E-state index in [1.807, 2.05) is 61.5 Å². The zero-order valence-electron chi connectivity index (χ0n) is 18.5. The van der Waals surface area contributed by atoms with Gasteiger partial charge in [-0.05, 0) is 62.6 Å². The summed E-state index contributed by atoms with van der Waals surface area (Å²) in [7, 11) is 1.64. The summed E-state index contributed by atoms with van der Waals surface area (Å²) in [6.07, 6.45) is 3.08. The van der Waals surface area contributed by atoms with E-state index in [-0.39, 0.29) is 12.0 Å². The maximum Gasteiger partial charge on any atom is 0.226 e. The van der Waals surface area contributed by atoms with E-state index in [9.17, 15) is 4.79 Å². The molecule has 1 saturated heterocycles. The summed E-state index contributed by atoms with van der Waals surface area (Å²) >= 11 is 0. The molecule has 0 bridgehead atoms. The molecule has 7 heteroatoms. The number of nitrogens with one attached hydrogen (secondary N) is 1. The van der Waals surface area contributed by atoms with Crippen LogP contribution in [-0.2, 0) is 16.0 Å². The van der Waals surface area contributed by atoms with E-state index in [1.54, 1.807) is 11.8 Å². The Bertz CT molecular complexity index is 1030. The average molecular weight is 436 g/mol. The van der Waals surface area contributed by atoms with Crippen LogP contribution in [0.5, 0.6) is 17.4 Å². The van der Waals surface area contributed by atoms with Crippen molar-refractivity contribution >= 4 is 5.91 Å². The summed E-state index contributed by atoms with van der Waals surface area (Å²) in [5.74, 6) is 2.10. The van der Waals surface area contributed by atoms with Crippen LogP contribution in [0.15, 0.2) is 54.6 Å². The molecule has 2 aromatic carbocycles. The molecule has 1 N–H and O–H groups in total. The van der Waals surface area contributed by atoms with Gasteiger partial charge in [-0.1, -0.05) is 18.2 Å². The van der Waals surface area contributed by atoms with Crippen molar-refractivity contribution in [3.63, 3.8) is 0 Å². The molecule has 3 aromatic rings. The molecule has 1 fully saturated rings. The van der Waals surface area contributed by atoms with Crippen LogP contribution in [0, 0.1) is 6.92 Å². The first kappa shape index (κ1) is 21.9. The smallest absolute Gasteiger partial charge is 0.226 e. The van der Waals surface area contributed by atoms with Crippen molar-refractivity contribution in [2.24, 2.45) is 0 Å². The van der Waals surface area contributed by atoms with Crippen LogP contribution in [-0.4, -0.2) is 42.1 Å². The number of rotatable bonds is 9. The third kappa shape index (κ3) is 5.29. The molecule has 1 aromatic heterocycles. The first-order valence-electron chi connectivity index (χ1n) is 11.0.